The normalized spacial score (nSPS) is 19.2. The van der Waals surface area contributed by atoms with Crippen LogP contribution >= 0.6 is 0 Å². The lowest BCUT2D eigenvalue weighted by molar-refractivity contribution is 0.0980. The van der Waals surface area contributed by atoms with Crippen LogP contribution in [0.25, 0.3) is 0 Å². The number of sulfonamides is 1. The first-order valence-electron chi connectivity index (χ1n) is 10.5. The Hall–Kier alpha value is -2.58. The lowest BCUT2D eigenvalue weighted by Gasteiger charge is -2.26. The van der Waals surface area contributed by atoms with E-state index in [1.807, 2.05) is 6.92 Å². The van der Waals surface area contributed by atoms with Crippen LogP contribution in [-0.4, -0.2) is 52.0 Å². The van der Waals surface area contributed by atoms with Gasteiger partial charge in [-0.2, -0.15) is 4.31 Å². The van der Waals surface area contributed by atoms with Crippen LogP contribution in [0.5, 0.6) is 11.5 Å². The second kappa shape index (κ2) is 8.51. The second-order valence-electron chi connectivity index (χ2n) is 8.08. The summed E-state index contributed by atoms with van der Waals surface area (Å²) in [5, 5.41) is 0. The smallest absolute Gasteiger partial charge is 0.258 e. The van der Waals surface area contributed by atoms with Gasteiger partial charge in [0, 0.05) is 36.4 Å². The molecule has 4 rings (SSSR count). The van der Waals surface area contributed by atoms with Crippen molar-refractivity contribution in [2.24, 2.45) is 0 Å². The Balaban J connectivity index is 1.66. The van der Waals surface area contributed by atoms with E-state index >= 15 is 0 Å². The predicted octanol–water partition coefficient (Wildman–Crippen LogP) is 3.47. The molecular formula is C23H28N2O5S. The maximum absolute atomic E-state index is 13.4. The van der Waals surface area contributed by atoms with E-state index in [9.17, 15) is 13.2 Å². The summed E-state index contributed by atoms with van der Waals surface area (Å²) in [5.74, 6) is 0.908. The number of carbonyl (C=O) groups excluding carboxylic acids is 1. The highest BCUT2D eigenvalue weighted by Gasteiger charge is 2.34. The van der Waals surface area contributed by atoms with E-state index in [0.29, 0.717) is 41.5 Å². The van der Waals surface area contributed by atoms with Crippen molar-refractivity contribution < 1.29 is 22.7 Å². The Kier molecular flexibility index (Phi) is 5.94. The van der Waals surface area contributed by atoms with Crippen LogP contribution in [0.1, 0.15) is 42.1 Å². The summed E-state index contributed by atoms with van der Waals surface area (Å²) in [5.41, 5.74) is 2.08. The number of nitrogens with zero attached hydrogens (tertiary/aromatic N) is 2. The van der Waals surface area contributed by atoms with Gasteiger partial charge >= 0.3 is 0 Å². The Morgan fingerprint density at radius 1 is 0.968 bits per heavy atom. The Morgan fingerprint density at radius 2 is 1.61 bits per heavy atom. The minimum Gasteiger partial charge on any atom is -0.497 e. The number of carbonyl (C=O) groups is 1. The molecule has 0 aliphatic carbocycles. The van der Waals surface area contributed by atoms with Gasteiger partial charge in [-0.1, -0.05) is 6.42 Å². The molecule has 7 nitrogen and oxygen atoms in total. The van der Waals surface area contributed by atoms with Gasteiger partial charge < -0.3 is 14.4 Å². The third kappa shape index (κ3) is 4.02. The highest BCUT2D eigenvalue weighted by atomic mass is 32.2. The number of hydrogen-bond donors (Lipinski definition) is 0. The molecule has 0 unspecified atom stereocenters. The maximum atomic E-state index is 13.4. The van der Waals surface area contributed by atoms with Crippen LogP contribution in [0.2, 0.25) is 0 Å². The highest BCUT2D eigenvalue weighted by molar-refractivity contribution is 7.89. The number of hydrogen-bond acceptors (Lipinski definition) is 5. The van der Waals surface area contributed by atoms with Crippen LogP contribution < -0.4 is 14.4 Å². The monoisotopic (exact) mass is 444 g/mol. The second-order valence-corrected chi connectivity index (χ2v) is 10.0. The molecule has 1 atom stereocenters. The number of fused-ring (bicyclic) bond motifs is 1. The summed E-state index contributed by atoms with van der Waals surface area (Å²) in [4.78, 5) is 15.4. The number of piperidine rings is 1. The van der Waals surface area contributed by atoms with Crippen molar-refractivity contribution in [1.82, 2.24) is 4.31 Å². The SMILES string of the molecule is COc1cc(OC)cc(C(=O)N2c3ccc(S(=O)(=O)N4CCCCC4)cc3C[C@@H]2C)c1. The van der Waals surface area contributed by atoms with E-state index in [1.165, 1.54) is 0 Å². The minimum atomic E-state index is -3.51. The lowest BCUT2D eigenvalue weighted by Crippen LogP contribution is -2.36. The van der Waals surface area contributed by atoms with Gasteiger partial charge in [0.05, 0.1) is 19.1 Å². The molecule has 2 aromatic rings. The van der Waals surface area contributed by atoms with Crippen molar-refractivity contribution in [2.45, 2.75) is 43.5 Å². The number of anilines is 1. The number of methoxy groups -OCH3 is 2. The van der Waals surface area contributed by atoms with Crippen molar-refractivity contribution in [3.8, 4) is 11.5 Å². The number of amides is 1. The predicted molar refractivity (Wildman–Crippen MR) is 119 cm³/mol. The van der Waals surface area contributed by atoms with Gasteiger partial charge in [-0.15, -0.1) is 0 Å². The quantitative estimate of drug-likeness (QED) is 0.706. The average molecular weight is 445 g/mol. The number of benzene rings is 2. The zero-order chi connectivity index (χ0) is 22.2. The van der Waals surface area contributed by atoms with Gasteiger partial charge in [-0.05, 0) is 62.1 Å². The first kappa shape index (κ1) is 21.6. The van der Waals surface area contributed by atoms with Crippen LogP contribution in [0, 0.1) is 0 Å². The Morgan fingerprint density at radius 3 is 2.23 bits per heavy atom. The van der Waals surface area contributed by atoms with Crippen molar-refractivity contribution >= 4 is 21.6 Å². The first-order chi connectivity index (χ1) is 14.8. The Bertz CT molecular complexity index is 1070. The fourth-order valence-electron chi connectivity index (χ4n) is 4.40. The van der Waals surface area contributed by atoms with Gasteiger partial charge in [0.25, 0.3) is 5.91 Å². The lowest BCUT2D eigenvalue weighted by atomic mass is 10.1. The van der Waals surface area contributed by atoms with Gasteiger partial charge in [-0.3, -0.25) is 4.79 Å². The molecule has 2 heterocycles. The summed E-state index contributed by atoms with van der Waals surface area (Å²) >= 11 is 0. The zero-order valence-corrected chi connectivity index (χ0v) is 18.9. The topological polar surface area (TPSA) is 76.1 Å². The van der Waals surface area contributed by atoms with Crippen molar-refractivity contribution in [1.29, 1.82) is 0 Å². The molecule has 0 radical (unpaired) electrons. The summed E-state index contributed by atoms with van der Waals surface area (Å²) in [6.45, 7) is 3.10. The van der Waals surface area contributed by atoms with Gasteiger partial charge in [0.2, 0.25) is 10.0 Å². The fraction of sp³-hybridized carbons (Fsp3) is 0.435. The molecule has 166 valence electrons. The molecule has 1 saturated heterocycles. The average Bonchev–Trinajstić information content (AvgIpc) is 3.13. The molecule has 2 aromatic carbocycles. The molecule has 2 aliphatic heterocycles. The molecule has 0 aromatic heterocycles. The molecule has 31 heavy (non-hydrogen) atoms. The molecule has 0 saturated carbocycles. The van der Waals surface area contributed by atoms with Crippen molar-refractivity contribution in [3.05, 3.63) is 47.5 Å². The summed E-state index contributed by atoms with van der Waals surface area (Å²) < 4.78 is 38.3. The van der Waals surface area contributed by atoms with Crippen LogP contribution in [-0.2, 0) is 16.4 Å². The molecule has 8 heteroatoms. The fourth-order valence-corrected chi connectivity index (χ4v) is 5.97. The number of ether oxygens (including phenoxy) is 2. The molecular weight excluding hydrogens is 416 g/mol. The molecule has 1 fully saturated rings. The number of rotatable bonds is 5. The van der Waals surface area contributed by atoms with Crippen molar-refractivity contribution in [2.75, 3.05) is 32.2 Å². The van der Waals surface area contributed by atoms with E-state index < -0.39 is 10.0 Å². The van der Waals surface area contributed by atoms with Crippen LogP contribution in [0.4, 0.5) is 5.69 Å². The summed E-state index contributed by atoms with van der Waals surface area (Å²) in [7, 11) is -0.427. The first-order valence-corrected chi connectivity index (χ1v) is 12.0. The summed E-state index contributed by atoms with van der Waals surface area (Å²) in [6.07, 6.45) is 3.46. The molecule has 2 aliphatic rings. The zero-order valence-electron chi connectivity index (χ0n) is 18.1. The Labute approximate surface area is 183 Å². The summed E-state index contributed by atoms with van der Waals surface area (Å²) in [6, 6.07) is 10.1. The third-order valence-corrected chi connectivity index (χ3v) is 7.93. The van der Waals surface area contributed by atoms with Gasteiger partial charge in [-0.25, -0.2) is 8.42 Å². The van der Waals surface area contributed by atoms with E-state index in [0.717, 1.165) is 30.5 Å². The van der Waals surface area contributed by atoms with Crippen LogP contribution in [0.15, 0.2) is 41.3 Å². The van der Waals surface area contributed by atoms with Crippen LogP contribution in [0.3, 0.4) is 0 Å². The largest absolute Gasteiger partial charge is 0.497 e. The maximum Gasteiger partial charge on any atom is 0.258 e. The van der Waals surface area contributed by atoms with Gasteiger partial charge in [0.1, 0.15) is 11.5 Å². The van der Waals surface area contributed by atoms with Crippen molar-refractivity contribution in [3.63, 3.8) is 0 Å². The molecule has 0 N–H and O–H groups in total. The minimum absolute atomic E-state index is 0.0902. The highest BCUT2D eigenvalue weighted by Crippen LogP contribution is 2.36. The van der Waals surface area contributed by atoms with Gasteiger partial charge in [0.15, 0.2) is 0 Å². The third-order valence-electron chi connectivity index (χ3n) is 6.04. The molecule has 0 spiro atoms. The van der Waals surface area contributed by atoms with E-state index in [-0.39, 0.29) is 11.9 Å². The standard InChI is InChI=1S/C23H28N2O5S/c1-16-11-17-14-21(31(27,28)24-9-5-4-6-10-24)7-8-22(17)25(16)23(26)18-12-19(29-2)15-20(13-18)30-3/h7-8,12-16H,4-6,9-11H2,1-3H3/t16-/m0/s1. The van der Waals surface area contributed by atoms with E-state index in [4.69, 9.17) is 9.47 Å². The molecule has 0 bridgehead atoms. The molecule has 1 amide bonds. The van der Waals surface area contributed by atoms with E-state index in [2.05, 4.69) is 0 Å². The van der Waals surface area contributed by atoms with E-state index in [1.54, 1.807) is 59.8 Å².